The van der Waals surface area contributed by atoms with Gasteiger partial charge in [0.2, 0.25) is 0 Å². The van der Waals surface area contributed by atoms with Gasteiger partial charge in [0.1, 0.15) is 11.6 Å². The molecule has 0 bridgehead atoms. The van der Waals surface area contributed by atoms with Crippen molar-refractivity contribution in [2.75, 3.05) is 0 Å². The van der Waals surface area contributed by atoms with E-state index in [4.69, 9.17) is 5.73 Å². The third kappa shape index (κ3) is 2.59. The highest BCUT2D eigenvalue weighted by Crippen LogP contribution is 2.14. The molecule has 0 aliphatic heterocycles. The molecule has 0 fully saturated rings. The summed E-state index contributed by atoms with van der Waals surface area (Å²) in [5.74, 6) is 1.95. The summed E-state index contributed by atoms with van der Waals surface area (Å²) in [6.45, 7) is 4.80. The third-order valence-electron chi connectivity index (χ3n) is 2.95. The van der Waals surface area contributed by atoms with E-state index < -0.39 is 0 Å². The van der Waals surface area contributed by atoms with Gasteiger partial charge < -0.3 is 5.73 Å². The second-order valence-corrected chi connectivity index (χ2v) is 4.35. The minimum atomic E-state index is 0.544. The number of hydrogen-bond donors (Lipinski definition) is 1. The molecule has 0 saturated carbocycles. The molecule has 2 rings (SSSR count). The highest BCUT2D eigenvalue weighted by molar-refractivity contribution is 5.32. The maximum absolute atomic E-state index is 5.76. The Morgan fingerprint density at radius 2 is 2.11 bits per heavy atom. The van der Waals surface area contributed by atoms with Crippen molar-refractivity contribution in [1.29, 1.82) is 0 Å². The molecule has 4 nitrogen and oxygen atoms in total. The van der Waals surface area contributed by atoms with Crippen LogP contribution in [0.5, 0.6) is 0 Å². The molecule has 0 atom stereocenters. The molecular formula is C14H20N4. The summed E-state index contributed by atoms with van der Waals surface area (Å²) in [5, 5.41) is 0. The van der Waals surface area contributed by atoms with Crippen LogP contribution < -0.4 is 5.73 Å². The third-order valence-corrected chi connectivity index (χ3v) is 2.95. The Labute approximate surface area is 108 Å². The first-order valence-electron chi connectivity index (χ1n) is 6.51. The summed E-state index contributed by atoms with van der Waals surface area (Å²) in [7, 11) is 0. The van der Waals surface area contributed by atoms with Crippen molar-refractivity contribution in [3.8, 4) is 5.82 Å². The van der Waals surface area contributed by atoms with E-state index in [0.29, 0.717) is 6.54 Å². The van der Waals surface area contributed by atoms with Crippen molar-refractivity contribution in [3.05, 3.63) is 41.6 Å². The van der Waals surface area contributed by atoms with Crippen LogP contribution in [-0.4, -0.2) is 14.5 Å². The van der Waals surface area contributed by atoms with E-state index in [9.17, 15) is 0 Å². The van der Waals surface area contributed by atoms with Crippen LogP contribution in [0.1, 0.15) is 37.4 Å². The zero-order valence-electron chi connectivity index (χ0n) is 11.1. The Balaban J connectivity index is 2.46. The molecule has 0 amide bonds. The van der Waals surface area contributed by atoms with E-state index in [1.165, 1.54) is 0 Å². The van der Waals surface area contributed by atoms with Crippen molar-refractivity contribution in [3.63, 3.8) is 0 Å². The van der Waals surface area contributed by atoms with E-state index in [-0.39, 0.29) is 0 Å². The molecule has 0 aromatic carbocycles. The summed E-state index contributed by atoms with van der Waals surface area (Å²) >= 11 is 0. The lowest BCUT2D eigenvalue weighted by atomic mass is 10.1. The Morgan fingerprint density at radius 3 is 2.78 bits per heavy atom. The molecule has 0 radical (unpaired) electrons. The van der Waals surface area contributed by atoms with Crippen LogP contribution in [0, 0.1) is 0 Å². The smallest absolute Gasteiger partial charge is 0.138 e. The number of aryl methyl sites for hydroxylation is 2. The molecule has 96 valence electrons. The summed E-state index contributed by atoms with van der Waals surface area (Å²) in [5.41, 5.74) is 7.98. The normalized spacial score (nSPS) is 10.8. The lowest BCUT2D eigenvalue weighted by molar-refractivity contribution is 0.825. The van der Waals surface area contributed by atoms with Crippen LogP contribution in [0.4, 0.5) is 0 Å². The number of imidazole rings is 1. The van der Waals surface area contributed by atoms with E-state index in [1.54, 1.807) is 0 Å². The highest BCUT2D eigenvalue weighted by atomic mass is 15.1. The number of hydrogen-bond acceptors (Lipinski definition) is 3. The Morgan fingerprint density at radius 1 is 1.28 bits per heavy atom. The number of pyridine rings is 1. The van der Waals surface area contributed by atoms with E-state index in [1.807, 2.05) is 23.0 Å². The summed E-state index contributed by atoms with van der Waals surface area (Å²) in [6.07, 6.45) is 6.74. The van der Waals surface area contributed by atoms with Crippen LogP contribution >= 0.6 is 0 Å². The quantitative estimate of drug-likeness (QED) is 0.877. The van der Waals surface area contributed by atoms with Crippen LogP contribution in [-0.2, 0) is 19.4 Å². The molecule has 0 saturated heterocycles. The van der Waals surface area contributed by atoms with E-state index in [0.717, 1.165) is 42.2 Å². The SMILES string of the molecule is CCCc1cc(CN)cc(-n2ccnc2CC)n1. The standard InChI is InChI=1S/C14H20N4/c1-3-5-12-8-11(10-15)9-14(17-12)18-7-6-16-13(18)4-2/h6-9H,3-5,10,15H2,1-2H3. The monoisotopic (exact) mass is 244 g/mol. The van der Waals surface area contributed by atoms with Gasteiger partial charge in [-0.05, 0) is 24.1 Å². The zero-order chi connectivity index (χ0) is 13.0. The second kappa shape index (κ2) is 5.78. The number of aromatic nitrogens is 3. The fourth-order valence-corrected chi connectivity index (χ4v) is 2.06. The van der Waals surface area contributed by atoms with Crippen molar-refractivity contribution < 1.29 is 0 Å². The summed E-state index contributed by atoms with van der Waals surface area (Å²) in [4.78, 5) is 9.02. The van der Waals surface area contributed by atoms with Gasteiger partial charge in [0.15, 0.2) is 0 Å². The zero-order valence-corrected chi connectivity index (χ0v) is 11.1. The lowest BCUT2D eigenvalue weighted by Gasteiger charge is -2.10. The van der Waals surface area contributed by atoms with Crippen molar-refractivity contribution >= 4 is 0 Å². The highest BCUT2D eigenvalue weighted by Gasteiger charge is 2.07. The molecule has 2 aromatic heterocycles. The van der Waals surface area contributed by atoms with Crippen LogP contribution in [0.2, 0.25) is 0 Å². The molecule has 0 aliphatic carbocycles. The summed E-state index contributed by atoms with van der Waals surface area (Å²) < 4.78 is 2.04. The topological polar surface area (TPSA) is 56.7 Å². The number of nitrogens with two attached hydrogens (primary N) is 1. The largest absolute Gasteiger partial charge is 0.326 e. The van der Waals surface area contributed by atoms with Gasteiger partial charge in [-0.25, -0.2) is 9.97 Å². The molecule has 4 heteroatoms. The van der Waals surface area contributed by atoms with Gasteiger partial charge in [0, 0.05) is 31.1 Å². The van der Waals surface area contributed by atoms with Gasteiger partial charge in [-0.3, -0.25) is 4.57 Å². The molecule has 2 N–H and O–H groups in total. The molecule has 0 spiro atoms. The van der Waals surface area contributed by atoms with Crippen molar-refractivity contribution in [1.82, 2.24) is 14.5 Å². The average molecular weight is 244 g/mol. The first-order valence-corrected chi connectivity index (χ1v) is 6.51. The molecule has 0 unspecified atom stereocenters. The van der Waals surface area contributed by atoms with E-state index in [2.05, 4.69) is 29.9 Å². The first-order chi connectivity index (χ1) is 8.78. The van der Waals surface area contributed by atoms with Crippen molar-refractivity contribution in [2.45, 2.75) is 39.7 Å². The van der Waals surface area contributed by atoms with Gasteiger partial charge in [0.25, 0.3) is 0 Å². The molecular weight excluding hydrogens is 224 g/mol. The molecule has 0 aliphatic rings. The van der Waals surface area contributed by atoms with Gasteiger partial charge in [0.05, 0.1) is 0 Å². The number of rotatable bonds is 5. The van der Waals surface area contributed by atoms with Gasteiger partial charge >= 0.3 is 0 Å². The van der Waals surface area contributed by atoms with E-state index >= 15 is 0 Å². The van der Waals surface area contributed by atoms with Crippen LogP contribution in [0.25, 0.3) is 5.82 Å². The predicted molar refractivity (Wildman–Crippen MR) is 72.6 cm³/mol. The average Bonchev–Trinajstić information content (AvgIpc) is 2.87. The van der Waals surface area contributed by atoms with Crippen molar-refractivity contribution in [2.24, 2.45) is 5.73 Å². The maximum atomic E-state index is 5.76. The van der Waals surface area contributed by atoms with Crippen LogP contribution in [0.15, 0.2) is 24.5 Å². The van der Waals surface area contributed by atoms with Gasteiger partial charge in [-0.1, -0.05) is 20.3 Å². The van der Waals surface area contributed by atoms with Gasteiger partial charge in [-0.2, -0.15) is 0 Å². The minimum absolute atomic E-state index is 0.544. The predicted octanol–water partition coefficient (Wildman–Crippen LogP) is 2.24. The summed E-state index contributed by atoms with van der Waals surface area (Å²) in [6, 6.07) is 4.13. The Bertz CT molecular complexity index is 516. The fourth-order valence-electron chi connectivity index (χ4n) is 2.06. The second-order valence-electron chi connectivity index (χ2n) is 4.35. The molecule has 2 heterocycles. The lowest BCUT2D eigenvalue weighted by Crippen LogP contribution is -2.07. The van der Waals surface area contributed by atoms with Gasteiger partial charge in [-0.15, -0.1) is 0 Å². The molecule has 18 heavy (non-hydrogen) atoms. The fraction of sp³-hybridized carbons (Fsp3) is 0.429. The number of nitrogens with zero attached hydrogens (tertiary/aromatic N) is 3. The maximum Gasteiger partial charge on any atom is 0.138 e. The first kappa shape index (κ1) is 12.8. The molecule has 2 aromatic rings. The minimum Gasteiger partial charge on any atom is -0.326 e. The Hall–Kier alpha value is -1.68. The van der Waals surface area contributed by atoms with Crippen LogP contribution in [0.3, 0.4) is 0 Å². The Kier molecular flexibility index (Phi) is 4.10.